The molecule has 0 unspecified atom stereocenters. The Bertz CT molecular complexity index is 133. The second-order valence-corrected chi connectivity index (χ2v) is 27.5. The zero-order chi connectivity index (χ0) is 11.1. The van der Waals surface area contributed by atoms with E-state index in [0.717, 1.165) is 0 Å². The van der Waals surface area contributed by atoms with E-state index < -0.39 is 22.7 Å². The summed E-state index contributed by atoms with van der Waals surface area (Å²) in [4.78, 5) is 0. The van der Waals surface area contributed by atoms with Crippen molar-refractivity contribution in [2.24, 2.45) is 0 Å². The molecule has 0 rings (SSSR count). The first-order valence-electron chi connectivity index (χ1n) is 5.25. The van der Waals surface area contributed by atoms with Gasteiger partial charge in [-0.3, -0.25) is 0 Å². The topological polar surface area (TPSA) is 0 Å². The minimum absolute atomic E-state index is 0. The summed E-state index contributed by atoms with van der Waals surface area (Å²) in [5.74, 6) is 0. The van der Waals surface area contributed by atoms with Gasteiger partial charge in [0.1, 0.15) is 0 Å². The molecule has 0 amide bonds. The Morgan fingerprint density at radius 1 is 0.500 bits per heavy atom. The smallest absolute Gasteiger partial charge is 0 e. The fourth-order valence-electron chi connectivity index (χ4n) is 3.38. The summed E-state index contributed by atoms with van der Waals surface area (Å²) in [5.41, 5.74) is 0. The number of hydrogen-bond donors (Lipinski definition) is 0. The molecule has 0 N–H and O–H groups in total. The fraction of sp³-hybridized carbons (Fsp3) is 1.00. The van der Waals surface area contributed by atoms with Gasteiger partial charge in [0.25, 0.3) is 0 Å². The van der Waals surface area contributed by atoms with Crippen LogP contribution in [0.25, 0.3) is 0 Å². The SMILES string of the molecule is C[C](C)(C)[Pb]([C](C)(C)C)[C](C)(C)C.[Li]. The second-order valence-electron chi connectivity index (χ2n) is 7.12. The van der Waals surface area contributed by atoms with Crippen molar-refractivity contribution in [2.75, 3.05) is 0 Å². The molecule has 0 saturated carbocycles. The molecular weight excluding hydrogens is 358 g/mol. The van der Waals surface area contributed by atoms with Crippen LogP contribution in [0.3, 0.4) is 0 Å². The van der Waals surface area contributed by atoms with Gasteiger partial charge in [-0.05, 0) is 0 Å². The van der Waals surface area contributed by atoms with E-state index in [4.69, 9.17) is 0 Å². The Balaban J connectivity index is 0. The number of rotatable bonds is 0. The summed E-state index contributed by atoms with van der Waals surface area (Å²) >= 11 is -1.61. The van der Waals surface area contributed by atoms with Crippen LogP contribution in [0.1, 0.15) is 62.3 Å². The predicted octanol–water partition coefficient (Wildman–Crippen LogP) is 4.50. The van der Waals surface area contributed by atoms with Crippen molar-refractivity contribution >= 4 is 41.6 Å². The predicted molar refractivity (Wildman–Crippen MR) is 70.7 cm³/mol. The molecule has 0 nitrogen and oxygen atoms in total. The van der Waals surface area contributed by atoms with E-state index in [0.29, 0.717) is 8.92 Å². The monoisotopic (exact) mass is 386 g/mol. The molecule has 2 heteroatoms. The van der Waals surface area contributed by atoms with Crippen molar-refractivity contribution in [3.05, 3.63) is 0 Å². The summed E-state index contributed by atoms with van der Waals surface area (Å²) in [7, 11) is 0. The van der Waals surface area contributed by atoms with E-state index in [1.165, 1.54) is 0 Å². The van der Waals surface area contributed by atoms with Crippen LogP contribution < -0.4 is 0 Å². The van der Waals surface area contributed by atoms with Crippen LogP contribution in [0.2, 0.25) is 8.92 Å². The molecule has 0 aromatic heterocycles. The third-order valence-corrected chi connectivity index (χ3v) is 19.7. The Labute approximate surface area is 112 Å². The first kappa shape index (κ1) is 17.9. The van der Waals surface area contributed by atoms with E-state index in [1.807, 2.05) is 0 Å². The van der Waals surface area contributed by atoms with Crippen LogP contribution in [0.4, 0.5) is 0 Å². The molecule has 0 aliphatic carbocycles. The maximum Gasteiger partial charge on any atom is 0 e. The third kappa shape index (κ3) is 5.56. The van der Waals surface area contributed by atoms with Crippen molar-refractivity contribution < 1.29 is 0 Å². The maximum absolute atomic E-state index is 2.45. The molecule has 0 fully saturated rings. The molecule has 0 aromatic carbocycles. The molecule has 0 spiro atoms. The average Bonchev–Trinajstić information content (AvgIpc) is 1.44. The maximum atomic E-state index is 2.45. The van der Waals surface area contributed by atoms with Gasteiger partial charge >= 0.3 is 93.9 Å². The average molecular weight is 385 g/mol. The van der Waals surface area contributed by atoms with Crippen LogP contribution in [0.5, 0.6) is 0 Å². The van der Waals surface area contributed by atoms with Gasteiger partial charge in [-0.1, -0.05) is 0 Å². The molecule has 14 heavy (non-hydrogen) atoms. The van der Waals surface area contributed by atoms with E-state index in [-0.39, 0.29) is 18.9 Å². The van der Waals surface area contributed by atoms with Gasteiger partial charge in [-0.15, -0.1) is 0 Å². The summed E-state index contributed by atoms with van der Waals surface area (Å²) in [6.07, 6.45) is 0. The Morgan fingerprint density at radius 3 is 0.643 bits per heavy atom. The first-order chi connectivity index (χ1) is 5.37. The van der Waals surface area contributed by atoms with Crippen LogP contribution in [-0.2, 0) is 0 Å². The Morgan fingerprint density at radius 2 is 0.643 bits per heavy atom. The quantitative estimate of drug-likeness (QED) is 0.539. The second kappa shape index (κ2) is 5.23. The van der Waals surface area contributed by atoms with Gasteiger partial charge in [-0.25, -0.2) is 0 Å². The molecular formula is C12H27LiPb. The van der Waals surface area contributed by atoms with E-state index in [2.05, 4.69) is 62.3 Å². The molecule has 0 aromatic rings. The summed E-state index contributed by atoms with van der Waals surface area (Å²) < 4.78 is 1.80. The molecule has 80 valence electrons. The van der Waals surface area contributed by atoms with Gasteiger partial charge in [0.05, 0.1) is 0 Å². The summed E-state index contributed by atoms with van der Waals surface area (Å²) in [5, 5.41) is 0. The molecule has 0 heterocycles. The first-order valence-corrected chi connectivity index (χ1v) is 11.1. The van der Waals surface area contributed by atoms with Gasteiger partial charge in [-0.2, -0.15) is 0 Å². The van der Waals surface area contributed by atoms with Crippen molar-refractivity contribution in [2.45, 2.75) is 71.2 Å². The van der Waals surface area contributed by atoms with Crippen molar-refractivity contribution in [3.63, 3.8) is 0 Å². The molecule has 0 atom stereocenters. The van der Waals surface area contributed by atoms with Crippen molar-refractivity contribution in [1.82, 2.24) is 0 Å². The zero-order valence-corrected chi connectivity index (χ0v) is 15.9. The van der Waals surface area contributed by atoms with Crippen LogP contribution in [0.15, 0.2) is 0 Å². The summed E-state index contributed by atoms with van der Waals surface area (Å²) in [6.45, 7) is 22.0. The molecule has 0 aliphatic heterocycles. The third-order valence-electron chi connectivity index (χ3n) is 2.25. The molecule has 0 aliphatic rings. The minimum Gasteiger partial charge on any atom is 0 e. The van der Waals surface area contributed by atoms with Crippen molar-refractivity contribution in [3.8, 4) is 0 Å². The fourth-order valence-corrected chi connectivity index (χ4v) is 29.6. The summed E-state index contributed by atoms with van der Waals surface area (Å²) in [6, 6.07) is 0. The molecule has 2 radical (unpaired) electrons. The van der Waals surface area contributed by atoms with Crippen LogP contribution in [-0.4, -0.2) is 41.6 Å². The van der Waals surface area contributed by atoms with Gasteiger partial charge in [0.15, 0.2) is 0 Å². The standard InChI is InChI=1S/3C4H9.Li.Pb/c3*1-4(2)3;;/h3*1-3H3;;. The molecule has 0 saturated heterocycles. The van der Waals surface area contributed by atoms with E-state index in [9.17, 15) is 0 Å². The van der Waals surface area contributed by atoms with E-state index in [1.54, 1.807) is 0 Å². The molecule has 0 bridgehead atoms. The zero-order valence-electron chi connectivity index (χ0n) is 12.0. The van der Waals surface area contributed by atoms with Crippen LogP contribution in [0, 0.1) is 0 Å². The Kier molecular flexibility index (Phi) is 6.69. The van der Waals surface area contributed by atoms with Gasteiger partial charge in [0, 0.05) is 18.9 Å². The normalized spacial score (nSPS) is 14.1. The number of hydrogen-bond acceptors (Lipinski definition) is 0. The van der Waals surface area contributed by atoms with Gasteiger partial charge < -0.3 is 0 Å². The van der Waals surface area contributed by atoms with E-state index >= 15 is 0 Å². The van der Waals surface area contributed by atoms with Crippen molar-refractivity contribution in [1.29, 1.82) is 0 Å². The largest absolute Gasteiger partial charge is 0 e. The Hall–Kier alpha value is 1.52. The minimum atomic E-state index is -1.61. The van der Waals surface area contributed by atoms with Gasteiger partial charge in [0.2, 0.25) is 0 Å². The van der Waals surface area contributed by atoms with Crippen LogP contribution >= 0.6 is 0 Å².